The van der Waals surface area contributed by atoms with Crippen LogP contribution in [0.1, 0.15) is 39.3 Å². The summed E-state index contributed by atoms with van der Waals surface area (Å²) in [6.07, 6.45) is 0. The van der Waals surface area contributed by atoms with Gasteiger partial charge < -0.3 is 10.2 Å². The summed E-state index contributed by atoms with van der Waals surface area (Å²) < 4.78 is 1.21. The maximum absolute atomic E-state index is 3.74. The quantitative estimate of drug-likeness (QED) is 0.857. The molecule has 1 aliphatic rings. The maximum Gasteiger partial charge on any atom is 0.0378 e. The summed E-state index contributed by atoms with van der Waals surface area (Å²) >= 11 is 5.84. The molecule has 3 unspecified atom stereocenters. The van der Waals surface area contributed by atoms with E-state index in [9.17, 15) is 0 Å². The molecular formula is C16H25BrN2S. The van der Waals surface area contributed by atoms with E-state index < -0.39 is 0 Å². The summed E-state index contributed by atoms with van der Waals surface area (Å²) in [5.41, 5.74) is 2.67. The molecule has 1 fully saturated rings. The highest BCUT2D eigenvalue weighted by Crippen LogP contribution is 2.32. The van der Waals surface area contributed by atoms with Crippen molar-refractivity contribution in [3.05, 3.63) is 28.2 Å². The van der Waals surface area contributed by atoms with Crippen LogP contribution in [-0.2, 0) is 0 Å². The zero-order valence-electron chi connectivity index (χ0n) is 12.8. The van der Waals surface area contributed by atoms with Crippen molar-refractivity contribution < 1.29 is 0 Å². The molecule has 0 bridgehead atoms. The fourth-order valence-corrected chi connectivity index (χ4v) is 4.90. The monoisotopic (exact) mass is 356 g/mol. The molecule has 0 saturated carbocycles. The Morgan fingerprint density at radius 2 is 2.00 bits per heavy atom. The zero-order valence-corrected chi connectivity index (χ0v) is 15.2. The molecule has 1 aliphatic heterocycles. The minimum atomic E-state index is 0.387. The van der Waals surface area contributed by atoms with Gasteiger partial charge in [-0.15, -0.1) is 0 Å². The van der Waals surface area contributed by atoms with Crippen molar-refractivity contribution in [1.29, 1.82) is 0 Å². The average molecular weight is 357 g/mol. The van der Waals surface area contributed by atoms with Crippen LogP contribution in [0.2, 0.25) is 0 Å². The summed E-state index contributed by atoms with van der Waals surface area (Å²) in [5.74, 6) is 0. The second kappa shape index (κ2) is 7.19. The second-order valence-electron chi connectivity index (χ2n) is 5.65. The van der Waals surface area contributed by atoms with Gasteiger partial charge in [0, 0.05) is 39.8 Å². The Morgan fingerprint density at radius 3 is 2.55 bits per heavy atom. The van der Waals surface area contributed by atoms with Crippen LogP contribution in [-0.4, -0.2) is 30.1 Å². The van der Waals surface area contributed by atoms with Crippen molar-refractivity contribution in [2.45, 2.75) is 44.2 Å². The van der Waals surface area contributed by atoms with E-state index in [1.807, 2.05) is 0 Å². The van der Waals surface area contributed by atoms with Crippen molar-refractivity contribution in [2.75, 3.05) is 24.5 Å². The van der Waals surface area contributed by atoms with Gasteiger partial charge in [0.25, 0.3) is 0 Å². The molecule has 0 amide bonds. The van der Waals surface area contributed by atoms with Gasteiger partial charge in [0.1, 0.15) is 0 Å². The first-order valence-electron chi connectivity index (χ1n) is 7.44. The largest absolute Gasteiger partial charge is 0.369 e. The van der Waals surface area contributed by atoms with Gasteiger partial charge in [-0.05, 0) is 31.2 Å². The lowest BCUT2D eigenvalue weighted by atomic mass is 10.1. The molecule has 112 valence electrons. The molecule has 1 N–H and O–H groups in total. The van der Waals surface area contributed by atoms with Gasteiger partial charge in [-0.2, -0.15) is 11.8 Å². The molecule has 2 nitrogen and oxygen atoms in total. The van der Waals surface area contributed by atoms with E-state index in [0.717, 1.165) is 19.6 Å². The average Bonchev–Trinajstić information content (AvgIpc) is 2.37. The molecule has 4 heteroatoms. The first kappa shape index (κ1) is 16.2. The molecular weight excluding hydrogens is 332 g/mol. The van der Waals surface area contributed by atoms with Gasteiger partial charge in [0.05, 0.1) is 0 Å². The number of anilines is 1. The van der Waals surface area contributed by atoms with Crippen molar-refractivity contribution >= 4 is 33.4 Å². The van der Waals surface area contributed by atoms with Gasteiger partial charge in [-0.1, -0.05) is 42.8 Å². The number of thioether (sulfide) groups is 1. The lowest BCUT2D eigenvalue weighted by molar-refractivity contribution is 0.596. The highest BCUT2D eigenvalue weighted by Gasteiger charge is 2.23. The molecule has 1 aromatic carbocycles. The topological polar surface area (TPSA) is 15.3 Å². The maximum atomic E-state index is 3.74. The third-order valence-corrected chi connectivity index (χ3v) is 5.66. The minimum absolute atomic E-state index is 0.387. The highest BCUT2D eigenvalue weighted by molar-refractivity contribution is 9.10. The lowest BCUT2D eigenvalue weighted by Crippen LogP contribution is -2.40. The lowest BCUT2D eigenvalue weighted by Gasteiger charge is -2.36. The number of benzene rings is 1. The van der Waals surface area contributed by atoms with E-state index >= 15 is 0 Å². The second-order valence-corrected chi connectivity index (χ2v) is 8.38. The summed E-state index contributed by atoms with van der Waals surface area (Å²) in [6.45, 7) is 12.3. The Hall–Kier alpha value is -0.190. The van der Waals surface area contributed by atoms with Crippen LogP contribution in [0.3, 0.4) is 0 Å². The first-order chi connectivity index (χ1) is 9.51. The molecule has 20 heavy (non-hydrogen) atoms. The Morgan fingerprint density at radius 1 is 1.35 bits per heavy atom. The van der Waals surface area contributed by atoms with Crippen LogP contribution < -0.4 is 10.2 Å². The van der Waals surface area contributed by atoms with E-state index in [2.05, 4.69) is 83.8 Å². The van der Waals surface area contributed by atoms with E-state index in [-0.39, 0.29) is 0 Å². The van der Waals surface area contributed by atoms with Crippen LogP contribution in [0.4, 0.5) is 5.69 Å². The molecule has 0 radical (unpaired) electrons. The number of halogens is 1. The first-order valence-corrected chi connectivity index (χ1v) is 9.18. The van der Waals surface area contributed by atoms with Gasteiger partial charge in [-0.3, -0.25) is 0 Å². The summed E-state index contributed by atoms with van der Waals surface area (Å²) in [6, 6.07) is 7.18. The summed E-state index contributed by atoms with van der Waals surface area (Å²) in [5, 5.41) is 4.88. The summed E-state index contributed by atoms with van der Waals surface area (Å²) in [7, 11) is 0. The molecule has 0 spiro atoms. The van der Waals surface area contributed by atoms with Gasteiger partial charge in [-0.25, -0.2) is 0 Å². The van der Waals surface area contributed by atoms with Crippen LogP contribution in [0.5, 0.6) is 0 Å². The Labute approximate surface area is 135 Å². The number of rotatable bonds is 4. The predicted octanol–water partition coefficient (Wildman–Crippen LogP) is 4.45. The number of hydrogen-bond acceptors (Lipinski definition) is 3. The number of nitrogens with one attached hydrogen (secondary N) is 1. The fourth-order valence-electron chi connectivity index (χ4n) is 2.87. The van der Waals surface area contributed by atoms with Crippen molar-refractivity contribution in [1.82, 2.24) is 5.32 Å². The molecule has 3 atom stereocenters. The van der Waals surface area contributed by atoms with Crippen LogP contribution in [0.15, 0.2) is 22.7 Å². The standard InChI is InChI=1S/C16H25BrN2S/c1-5-18-13(4)15-7-6-14(8-16(15)17)19-9-11(2)20-12(3)10-19/h6-8,11-13,18H,5,9-10H2,1-4H3. The third-order valence-electron chi connectivity index (χ3n) is 3.75. The molecule has 1 aromatic rings. The van der Waals surface area contributed by atoms with Crippen LogP contribution in [0, 0.1) is 0 Å². The Kier molecular flexibility index (Phi) is 5.82. The molecule has 2 rings (SSSR count). The van der Waals surface area contributed by atoms with Crippen molar-refractivity contribution in [2.24, 2.45) is 0 Å². The predicted molar refractivity (Wildman–Crippen MR) is 95.0 cm³/mol. The van der Waals surface area contributed by atoms with Gasteiger partial charge >= 0.3 is 0 Å². The van der Waals surface area contributed by atoms with E-state index in [1.54, 1.807) is 0 Å². The molecule has 0 aromatic heterocycles. The minimum Gasteiger partial charge on any atom is -0.369 e. The molecule has 1 heterocycles. The third kappa shape index (κ3) is 3.92. The van der Waals surface area contributed by atoms with Gasteiger partial charge in [0.15, 0.2) is 0 Å². The Bertz CT molecular complexity index is 442. The zero-order chi connectivity index (χ0) is 14.7. The fraction of sp³-hybridized carbons (Fsp3) is 0.625. The van der Waals surface area contributed by atoms with Crippen LogP contribution >= 0.6 is 27.7 Å². The van der Waals surface area contributed by atoms with E-state index in [0.29, 0.717) is 16.5 Å². The highest BCUT2D eigenvalue weighted by atomic mass is 79.9. The number of hydrogen-bond donors (Lipinski definition) is 1. The van der Waals surface area contributed by atoms with Crippen molar-refractivity contribution in [3.63, 3.8) is 0 Å². The molecule has 0 aliphatic carbocycles. The normalized spacial score (nSPS) is 24.8. The van der Waals surface area contributed by atoms with E-state index in [1.165, 1.54) is 15.7 Å². The smallest absolute Gasteiger partial charge is 0.0378 e. The van der Waals surface area contributed by atoms with Gasteiger partial charge in [0.2, 0.25) is 0 Å². The van der Waals surface area contributed by atoms with E-state index in [4.69, 9.17) is 0 Å². The Balaban J connectivity index is 2.16. The summed E-state index contributed by atoms with van der Waals surface area (Å²) in [4.78, 5) is 2.51. The van der Waals surface area contributed by atoms with Crippen LogP contribution in [0.25, 0.3) is 0 Å². The molecule has 1 saturated heterocycles. The SMILES string of the molecule is CCNC(C)c1ccc(N2CC(C)SC(C)C2)cc1Br. The number of nitrogens with zero attached hydrogens (tertiary/aromatic N) is 1. The van der Waals surface area contributed by atoms with Crippen molar-refractivity contribution in [3.8, 4) is 0 Å².